The summed E-state index contributed by atoms with van der Waals surface area (Å²) in [5.74, 6) is -0.133. The lowest BCUT2D eigenvalue weighted by Gasteiger charge is -2.31. The molecule has 1 aromatic rings. The van der Waals surface area contributed by atoms with Gasteiger partial charge in [0.05, 0.1) is 6.07 Å². The van der Waals surface area contributed by atoms with Crippen LogP contribution in [0.5, 0.6) is 0 Å². The topological polar surface area (TPSA) is 52.9 Å². The van der Waals surface area contributed by atoms with E-state index in [0.29, 0.717) is 5.56 Å². The predicted molar refractivity (Wildman–Crippen MR) is 74.8 cm³/mol. The van der Waals surface area contributed by atoms with Crippen molar-refractivity contribution >= 4 is 5.91 Å². The van der Waals surface area contributed by atoms with Crippen LogP contribution in [0.3, 0.4) is 0 Å². The van der Waals surface area contributed by atoms with Crippen LogP contribution in [-0.2, 0) is 0 Å². The van der Waals surface area contributed by atoms with E-state index in [-0.39, 0.29) is 5.91 Å². The Labute approximate surface area is 114 Å². The molecule has 3 nitrogen and oxygen atoms in total. The van der Waals surface area contributed by atoms with Gasteiger partial charge < -0.3 is 5.32 Å². The normalized spacial score (nSPS) is 17.5. The molecule has 1 aromatic carbocycles. The molecule has 2 rings (SSSR count). The van der Waals surface area contributed by atoms with Gasteiger partial charge in [-0.05, 0) is 49.9 Å². The summed E-state index contributed by atoms with van der Waals surface area (Å²) in [6.45, 7) is 4.02. The second-order valence-electron chi connectivity index (χ2n) is 5.51. The molecule has 0 aromatic heterocycles. The number of amides is 1. The predicted octanol–water partition coefficient (Wildman–Crippen LogP) is 3.26. The van der Waals surface area contributed by atoms with Crippen LogP contribution in [0.1, 0.15) is 53.6 Å². The van der Waals surface area contributed by atoms with E-state index in [4.69, 9.17) is 0 Å². The molecule has 1 saturated carbocycles. The van der Waals surface area contributed by atoms with Crippen molar-refractivity contribution in [2.24, 2.45) is 0 Å². The van der Waals surface area contributed by atoms with Crippen LogP contribution in [0.4, 0.5) is 0 Å². The van der Waals surface area contributed by atoms with E-state index in [0.717, 1.165) is 37.7 Å². The van der Waals surface area contributed by atoms with Crippen LogP contribution >= 0.6 is 0 Å². The van der Waals surface area contributed by atoms with E-state index >= 15 is 0 Å². The number of nitrogens with one attached hydrogen (secondary N) is 1. The van der Waals surface area contributed by atoms with Gasteiger partial charge in [0.25, 0.3) is 5.91 Å². The second kappa shape index (κ2) is 5.44. The molecule has 1 N–H and O–H groups in total. The van der Waals surface area contributed by atoms with E-state index in [2.05, 4.69) is 11.4 Å². The van der Waals surface area contributed by atoms with Gasteiger partial charge >= 0.3 is 0 Å². The minimum Gasteiger partial charge on any atom is -0.334 e. The van der Waals surface area contributed by atoms with E-state index in [1.165, 1.54) is 5.56 Å². The van der Waals surface area contributed by atoms with Crippen molar-refractivity contribution in [3.8, 4) is 6.07 Å². The van der Waals surface area contributed by atoms with Crippen LogP contribution in [-0.4, -0.2) is 11.4 Å². The molecule has 0 atom stereocenters. The summed E-state index contributed by atoms with van der Waals surface area (Å²) in [6.07, 6.45) is 4.71. The number of aryl methyl sites for hydroxylation is 2. The zero-order valence-electron chi connectivity index (χ0n) is 11.6. The standard InChI is InChI=1S/C16H20N2O/c1-12-6-7-14(10-13(12)2)15(19)18-16(11-17)8-4-3-5-9-16/h6-7,10H,3-5,8-9H2,1-2H3,(H,18,19). The van der Waals surface area contributed by atoms with Crippen molar-refractivity contribution in [2.45, 2.75) is 51.5 Å². The lowest BCUT2D eigenvalue weighted by atomic mass is 9.82. The third-order valence-electron chi connectivity index (χ3n) is 4.04. The van der Waals surface area contributed by atoms with Gasteiger partial charge in [0.1, 0.15) is 5.54 Å². The van der Waals surface area contributed by atoms with Crippen molar-refractivity contribution in [2.75, 3.05) is 0 Å². The van der Waals surface area contributed by atoms with Gasteiger partial charge in [-0.15, -0.1) is 0 Å². The van der Waals surface area contributed by atoms with Crippen molar-refractivity contribution < 1.29 is 4.79 Å². The Kier molecular flexibility index (Phi) is 3.90. The Hall–Kier alpha value is -1.82. The van der Waals surface area contributed by atoms with E-state index in [1.807, 2.05) is 32.0 Å². The smallest absolute Gasteiger partial charge is 0.252 e. The lowest BCUT2D eigenvalue weighted by molar-refractivity contribution is 0.0902. The molecule has 0 radical (unpaired) electrons. The fourth-order valence-electron chi connectivity index (χ4n) is 2.59. The molecule has 1 aliphatic rings. The average Bonchev–Trinajstić information content (AvgIpc) is 2.43. The molecule has 0 spiro atoms. The Bertz CT molecular complexity index is 522. The number of hydrogen-bond donors (Lipinski definition) is 1. The van der Waals surface area contributed by atoms with Gasteiger partial charge in [-0.25, -0.2) is 0 Å². The maximum absolute atomic E-state index is 12.3. The first kappa shape index (κ1) is 13.6. The number of rotatable bonds is 2. The maximum atomic E-state index is 12.3. The summed E-state index contributed by atoms with van der Waals surface area (Å²) in [5, 5.41) is 12.3. The van der Waals surface area contributed by atoms with Gasteiger partial charge in [-0.3, -0.25) is 4.79 Å². The Morgan fingerprint density at radius 3 is 2.47 bits per heavy atom. The third kappa shape index (κ3) is 2.96. The zero-order valence-corrected chi connectivity index (χ0v) is 11.6. The number of carbonyl (C=O) groups excluding carboxylic acids is 1. The molecule has 0 heterocycles. The minimum atomic E-state index is -0.659. The minimum absolute atomic E-state index is 0.133. The fraction of sp³-hybridized carbons (Fsp3) is 0.500. The van der Waals surface area contributed by atoms with Crippen LogP contribution in [0, 0.1) is 25.2 Å². The Morgan fingerprint density at radius 2 is 1.89 bits per heavy atom. The first-order valence-electron chi connectivity index (χ1n) is 6.87. The summed E-state index contributed by atoms with van der Waals surface area (Å²) >= 11 is 0. The van der Waals surface area contributed by atoms with Crippen LogP contribution in [0.2, 0.25) is 0 Å². The second-order valence-corrected chi connectivity index (χ2v) is 5.51. The number of carbonyl (C=O) groups is 1. The van der Waals surface area contributed by atoms with Crippen LogP contribution in [0.15, 0.2) is 18.2 Å². The van der Waals surface area contributed by atoms with Gasteiger partial charge in [-0.2, -0.15) is 5.26 Å². The maximum Gasteiger partial charge on any atom is 0.252 e. The van der Waals surface area contributed by atoms with Crippen molar-refractivity contribution in [3.63, 3.8) is 0 Å². The molecule has 100 valence electrons. The summed E-state index contributed by atoms with van der Waals surface area (Å²) in [7, 11) is 0. The van der Waals surface area contributed by atoms with Gasteiger partial charge in [-0.1, -0.05) is 25.3 Å². The lowest BCUT2D eigenvalue weighted by Crippen LogP contribution is -2.48. The Morgan fingerprint density at radius 1 is 1.21 bits per heavy atom. The highest BCUT2D eigenvalue weighted by atomic mass is 16.1. The first-order chi connectivity index (χ1) is 9.06. The number of nitrogens with zero attached hydrogens (tertiary/aromatic N) is 1. The molecule has 1 aliphatic carbocycles. The van der Waals surface area contributed by atoms with E-state index in [1.54, 1.807) is 0 Å². The summed E-state index contributed by atoms with van der Waals surface area (Å²) in [4.78, 5) is 12.3. The monoisotopic (exact) mass is 256 g/mol. The van der Waals surface area contributed by atoms with Crippen molar-refractivity contribution in [1.29, 1.82) is 5.26 Å². The number of hydrogen-bond acceptors (Lipinski definition) is 2. The SMILES string of the molecule is Cc1ccc(C(=O)NC2(C#N)CCCCC2)cc1C. The van der Waals surface area contributed by atoms with Crippen LogP contribution < -0.4 is 5.32 Å². The summed E-state index contributed by atoms with van der Waals surface area (Å²) < 4.78 is 0. The Balaban J connectivity index is 2.15. The molecule has 0 bridgehead atoms. The highest BCUT2D eigenvalue weighted by Crippen LogP contribution is 2.28. The van der Waals surface area contributed by atoms with Gasteiger partial charge in [0.2, 0.25) is 0 Å². The largest absolute Gasteiger partial charge is 0.334 e. The van der Waals surface area contributed by atoms with Crippen molar-refractivity contribution in [3.05, 3.63) is 34.9 Å². The zero-order chi connectivity index (χ0) is 13.9. The quantitative estimate of drug-likeness (QED) is 0.883. The molecule has 3 heteroatoms. The summed E-state index contributed by atoms with van der Waals surface area (Å²) in [6, 6.07) is 7.97. The molecule has 0 aliphatic heterocycles. The van der Waals surface area contributed by atoms with Crippen molar-refractivity contribution in [1.82, 2.24) is 5.32 Å². The first-order valence-corrected chi connectivity index (χ1v) is 6.87. The molecule has 1 amide bonds. The van der Waals surface area contributed by atoms with Crippen LogP contribution in [0.25, 0.3) is 0 Å². The number of nitriles is 1. The van der Waals surface area contributed by atoms with E-state index in [9.17, 15) is 10.1 Å². The highest BCUT2D eigenvalue weighted by molar-refractivity contribution is 5.95. The fourth-order valence-corrected chi connectivity index (χ4v) is 2.59. The molecular weight excluding hydrogens is 236 g/mol. The van der Waals surface area contributed by atoms with Gasteiger partial charge in [0.15, 0.2) is 0 Å². The molecular formula is C16H20N2O. The molecule has 1 fully saturated rings. The molecule has 19 heavy (non-hydrogen) atoms. The average molecular weight is 256 g/mol. The highest BCUT2D eigenvalue weighted by Gasteiger charge is 2.33. The third-order valence-corrected chi connectivity index (χ3v) is 4.04. The van der Waals surface area contributed by atoms with E-state index < -0.39 is 5.54 Å². The molecule has 0 saturated heterocycles. The van der Waals surface area contributed by atoms with Gasteiger partial charge in [0, 0.05) is 5.56 Å². The summed E-state index contributed by atoms with van der Waals surface area (Å²) in [5.41, 5.74) is 2.25. The molecule has 0 unspecified atom stereocenters. The number of benzene rings is 1.